The van der Waals surface area contributed by atoms with E-state index in [4.69, 9.17) is 23.8 Å². The smallest absolute Gasteiger partial charge is 0.175 e. The van der Waals surface area contributed by atoms with E-state index in [1.807, 2.05) is 48.5 Å². The van der Waals surface area contributed by atoms with Gasteiger partial charge in [-0.15, -0.1) is 0 Å². The highest BCUT2D eigenvalue weighted by Crippen LogP contribution is 2.22. The highest BCUT2D eigenvalue weighted by molar-refractivity contribution is 7.80. The molecule has 3 aromatic carbocycles. The van der Waals surface area contributed by atoms with Crippen LogP contribution in [0.4, 0.5) is 11.4 Å². The van der Waals surface area contributed by atoms with Crippen molar-refractivity contribution in [1.82, 2.24) is 0 Å². The molecule has 0 radical (unpaired) electrons. The minimum Gasteiger partial charge on any atom is -0.332 e. The van der Waals surface area contributed by atoms with E-state index < -0.39 is 0 Å². The van der Waals surface area contributed by atoms with Crippen molar-refractivity contribution in [1.29, 1.82) is 0 Å². The molecule has 0 fully saturated rings. The molecule has 24 heavy (non-hydrogen) atoms. The van der Waals surface area contributed by atoms with Gasteiger partial charge in [0.15, 0.2) is 5.11 Å². The number of halogens is 1. The van der Waals surface area contributed by atoms with Crippen molar-refractivity contribution in [2.24, 2.45) is 0 Å². The summed E-state index contributed by atoms with van der Waals surface area (Å²) in [5, 5.41) is 7.56. The summed E-state index contributed by atoms with van der Waals surface area (Å²) in [7, 11) is 0. The molecule has 0 aromatic heterocycles. The van der Waals surface area contributed by atoms with Crippen LogP contribution in [0.3, 0.4) is 0 Å². The Hall–Kier alpha value is -2.36. The lowest BCUT2D eigenvalue weighted by Gasteiger charge is -2.15. The summed E-state index contributed by atoms with van der Waals surface area (Å²) in [6.45, 7) is 0. The maximum absolute atomic E-state index is 6.16. The fraction of sp³-hybridized carbons (Fsp3) is 0.0500. The first-order valence-corrected chi connectivity index (χ1v) is 8.45. The molecule has 3 rings (SSSR count). The van der Waals surface area contributed by atoms with Crippen LogP contribution in [0.1, 0.15) is 11.1 Å². The number of hydrogen-bond acceptors (Lipinski definition) is 1. The molecule has 4 heteroatoms. The van der Waals surface area contributed by atoms with E-state index in [9.17, 15) is 0 Å². The molecule has 0 aliphatic rings. The van der Waals surface area contributed by atoms with Gasteiger partial charge in [0.2, 0.25) is 0 Å². The maximum Gasteiger partial charge on any atom is 0.175 e. The van der Waals surface area contributed by atoms with E-state index in [0.29, 0.717) is 10.1 Å². The van der Waals surface area contributed by atoms with Crippen LogP contribution in [0.2, 0.25) is 5.02 Å². The number of hydrogen-bond donors (Lipinski definition) is 2. The quantitative estimate of drug-likeness (QED) is 0.585. The number of benzene rings is 3. The Labute approximate surface area is 152 Å². The minimum absolute atomic E-state index is 0.517. The number of para-hydroxylation sites is 2. The first kappa shape index (κ1) is 16.5. The molecule has 0 aliphatic heterocycles. The van der Waals surface area contributed by atoms with Crippen molar-refractivity contribution in [2.45, 2.75) is 6.42 Å². The van der Waals surface area contributed by atoms with Gasteiger partial charge in [0.25, 0.3) is 0 Å². The zero-order valence-electron chi connectivity index (χ0n) is 13.0. The van der Waals surface area contributed by atoms with Gasteiger partial charge >= 0.3 is 0 Å². The lowest BCUT2D eigenvalue weighted by atomic mass is 10.0. The molecule has 120 valence electrons. The molecular formula is C20H17ClN2S. The van der Waals surface area contributed by atoms with E-state index >= 15 is 0 Å². The molecule has 2 nitrogen and oxygen atoms in total. The van der Waals surface area contributed by atoms with Gasteiger partial charge in [-0.2, -0.15) is 0 Å². The predicted octanol–water partition coefficient (Wildman–Crippen LogP) is 5.74. The first-order chi connectivity index (χ1) is 11.7. The second-order valence-electron chi connectivity index (χ2n) is 5.38. The lowest BCUT2D eigenvalue weighted by Crippen LogP contribution is -2.20. The van der Waals surface area contributed by atoms with Gasteiger partial charge in [-0.05, 0) is 48.0 Å². The Morgan fingerprint density at radius 3 is 2.08 bits per heavy atom. The second kappa shape index (κ2) is 7.95. The Morgan fingerprint density at radius 2 is 1.33 bits per heavy atom. The molecule has 0 spiro atoms. The molecule has 0 unspecified atom stereocenters. The topological polar surface area (TPSA) is 24.1 Å². The summed E-state index contributed by atoms with van der Waals surface area (Å²) >= 11 is 11.6. The summed E-state index contributed by atoms with van der Waals surface area (Å²) in [6, 6.07) is 26.1. The molecule has 0 bridgehead atoms. The van der Waals surface area contributed by atoms with Crippen molar-refractivity contribution < 1.29 is 0 Å². The van der Waals surface area contributed by atoms with Crippen LogP contribution in [0, 0.1) is 0 Å². The third-order valence-corrected chi connectivity index (χ3v) is 4.16. The lowest BCUT2D eigenvalue weighted by molar-refractivity contribution is 1.19. The van der Waals surface area contributed by atoms with Gasteiger partial charge in [-0.25, -0.2) is 0 Å². The average molecular weight is 353 g/mol. The van der Waals surface area contributed by atoms with Crippen molar-refractivity contribution >= 4 is 40.3 Å². The number of anilines is 2. The van der Waals surface area contributed by atoms with Gasteiger partial charge in [0.05, 0.1) is 10.7 Å². The molecule has 0 saturated carbocycles. The Kier molecular flexibility index (Phi) is 5.47. The van der Waals surface area contributed by atoms with Crippen LogP contribution in [-0.2, 0) is 6.42 Å². The third kappa shape index (κ3) is 4.34. The van der Waals surface area contributed by atoms with E-state index in [-0.39, 0.29) is 0 Å². The summed E-state index contributed by atoms with van der Waals surface area (Å²) in [5.41, 5.74) is 4.23. The van der Waals surface area contributed by atoms with Gasteiger partial charge in [-0.3, -0.25) is 0 Å². The van der Waals surface area contributed by atoms with Crippen LogP contribution in [-0.4, -0.2) is 5.11 Å². The number of nitrogens with one attached hydrogen (secondary N) is 2. The van der Waals surface area contributed by atoms with Crippen LogP contribution < -0.4 is 10.6 Å². The molecule has 2 N–H and O–H groups in total. The highest BCUT2D eigenvalue weighted by atomic mass is 35.5. The van der Waals surface area contributed by atoms with Gasteiger partial charge in [0, 0.05) is 5.69 Å². The fourth-order valence-electron chi connectivity index (χ4n) is 2.45. The summed E-state index contributed by atoms with van der Waals surface area (Å²) in [6.07, 6.45) is 0.846. The molecule has 0 aliphatic carbocycles. The van der Waals surface area contributed by atoms with Crippen molar-refractivity contribution in [3.63, 3.8) is 0 Å². The monoisotopic (exact) mass is 352 g/mol. The summed E-state index contributed by atoms with van der Waals surface area (Å²) in [5.74, 6) is 0. The normalized spacial score (nSPS) is 10.2. The largest absolute Gasteiger partial charge is 0.332 e. The molecular weight excluding hydrogens is 336 g/mol. The average Bonchev–Trinajstić information content (AvgIpc) is 2.60. The Morgan fingerprint density at radius 1 is 0.750 bits per heavy atom. The van der Waals surface area contributed by atoms with Gasteiger partial charge in [0.1, 0.15) is 0 Å². The molecule has 0 heterocycles. The fourth-order valence-corrected chi connectivity index (χ4v) is 2.85. The Bertz CT molecular complexity index is 834. The predicted molar refractivity (Wildman–Crippen MR) is 107 cm³/mol. The van der Waals surface area contributed by atoms with Gasteiger partial charge in [-0.1, -0.05) is 72.3 Å². The third-order valence-electron chi connectivity index (χ3n) is 3.63. The maximum atomic E-state index is 6.16. The second-order valence-corrected chi connectivity index (χ2v) is 6.19. The SMILES string of the molecule is S=C(Nc1ccccc1Cl)Nc1ccccc1Cc1ccccc1. The summed E-state index contributed by atoms with van der Waals surface area (Å²) < 4.78 is 0. The zero-order valence-corrected chi connectivity index (χ0v) is 14.6. The van der Waals surface area contributed by atoms with Crippen molar-refractivity contribution in [3.05, 3.63) is 95.0 Å². The van der Waals surface area contributed by atoms with E-state index in [0.717, 1.165) is 17.8 Å². The van der Waals surface area contributed by atoms with E-state index in [1.54, 1.807) is 0 Å². The van der Waals surface area contributed by atoms with Gasteiger partial charge < -0.3 is 10.6 Å². The molecule has 0 atom stereocenters. The summed E-state index contributed by atoms with van der Waals surface area (Å²) in [4.78, 5) is 0. The molecule has 3 aromatic rings. The molecule has 0 saturated heterocycles. The molecule has 0 amide bonds. The number of thiocarbonyl (C=S) groups is 1. The number of rotatable bonds is 4. The van der Waals surface area contributed by atoms with Crippen LogP contribution in [0.5, 0.6) is 0 Å². The van der Waals surface area contributed by atoms with E-state index in [2.05, 4.69) is 41.0 Å². The van der Waals surface area contributed by atoms with Crippen molar-refractivity contribution in [2.75, 3.05) is 10.6 Å². The van der Waals surface area contributed by atoms with Crippen molar-refractivity contribution in [3.8, 4) is 0 Å². The van der Waals surface area contributed by atoms with Crippen LogP contribution in [0.15, 0.2) is 78.9 Å². The van der Waals surface area contributed by atoms with Crippen LogP contribution in [0.25, 0.3) is 0 Å². The first-order valence-electron chi connectivity index (χ1n) is 7.67. The standard InChI is InChI=1S/C20H17ClN2S/c21-17-11-5-7-13-19(17)23-20(24)22-18-12-6-4-10-16(18)14-15-8-2-1-3-9-15/h1-13H,14H2,(H2,22,23,24). The minimum atomic E-state index is 0.517. The zero-order chi connectivity index (χ0) is 16.8. The van der Waals surface area contributed by atoms with Crippen LogP contribution >= 0.6 is 23.8 Å². The Balaban J connectivity index is 1.73. The van der Waals surface area contributed by atoms with E-state index in [1.165, 1.54) is 11.1 Å². The highest BCUT2D eigenvalue weighted by Gasteiger charge is 2.06.